The second kappa shape index (κ2) is 7.45. The average molecular weight is 437 g/mol. The number of pyridine rings is 1. The zero-order chi connectivity index (χ0) is 22.4. The highest BCUT2D eigenvalue weighted by Crippen LogP contribution is 2.44. The zero-order valence-corrected chi connectivity index (χ0v) is 18.0. The number of furan rings is 1. The van der Waals surface area contributed by atoms with Crippen LogP contribution < -0.4 is 5.73 Å². The van der Waals surface area contributed by atoms with Gasteiger partial charge in [-0.05, 0) is 72.7 Å². The van der Waals surface area contributed by atoms with E-state index in [4.69, 9.17) is 10.2 Å². The lowest BCUT2D eigenvalue weighted by molar-refractivity contribution is 0.466. The maximum atomic E-state index is 9.69. The van der Waals surface area contributed by atoms with Crippen LogP contribution in [-0.4, -0.2) is 15.0 Å². The molecule has 3 aromatic heterocycles. The molecule has 1 aromatic carbocycles. The fourth-order valence-electron chi connectivity index (χ4n) is 3.88. The molecular weight excluding hydrogens is 420 g/mol. The van der Waals surface area contributed by atoms with Gasteiger partial charge in [0.05, 0.1) is 27.9 Å². The molecule has 3 heterocycles. The molecule has 4 aromatic rings. The predicted octanol–water partition coefficient (Wildman–Crippen LogP) is 5.32. The third-order valence-electron chi connectivity index (χ3n) is 5.44. The molecule has 154 valence electrons. The summed E-state index contributed by atoms with van der Waals surface area (Å²) in [5, 5.41) is 20.6. The van der Waals surface area contributed by atoms with Crippen LogP contribution in [-0.2, 0) is 0 Å². The molecule has 1 aliphatic rings. The highest BCUT2D eigenvalue weighted by atomic mass is 32.2. The quantitative estimate of drug-likeness (QED) is 0.445. The van der Waals surface area contributed by atoms with E-state index in [0.29, 0.717) is 33.2 Å². The Morgan fingerprint density at radius 2 is 1.91 bits per heavy atom. The molecule has 0 bridgehead atoms. The summed E-state index contributed by atoms with van der Waals surface area (Å²) in [6, 6.07) is 15.9. The van der Waals surface area contributed by atoms with Gasteiger partial charge in [0.2, 0.25) is 0 Å². The third-order valence-corrected chi connectivity index (χ3v) is 6.24. The minimum atomic E-state index is 0.132. The van der Waals surface area contributed by atoms with Crippen molar-refractivity contribution in [2.45, 2.75) is 24.1 Å². The SMILES string of the molecule is CC1=C(C#N)c2nc(N)c(C#N)c(C)c2C1=Cc1ccc(Sc2nc3ccccc3[nH]2)o1. The summed E-state index contributed by atoms with van der Waals surface area (Å²) in [6.07, 6.45) is 1.87. The van der Waals surface area contributed by atoms with Gasteiger partial charge in [-0.15, -0.1) is 0 Å². The summed E-state index contributed by atoms with van der Waals surface area (Å²) in [7, 11) is 0. The maximum absolute atomic E-state index is 9.69. The molecule has 0 saturated heterocycles. The van der Waals surface area contributed by atoms with Crippen LogP contribution in [0.5, 0.6) is 0 Å². The molecule has 0 atom stereocenters. The average Bonchev–Trinajstić information content (AvgIpc) is 3.45. The Bertz CT molecular complexity index is 1520. The number of fused-ring (bicyclic) bond motifs is 2. The molecule has 0 aliphatic heterocycles. The van der Waals surface area contributed by atoms with E-state index in [9.17, 15) is 10.5 Å². The van der Waals surface area contributed by atoms with Crippen molar-refractivity contribution in [2.75, 3.05) is 5.73 Å². The highest BCUT2D eigenvalue weighted by Gasteiger charge is 2.29. The van der Waals surface area contributed by atoms with Crippen LogP contribution in [0.3, 0.4) is 0 Å². The number of nitrogens with zero attached hydrogens (tertiary/aromatic N) is 4. The molecule has 0 amide bonds. The fourth-order valence-corrected chi connectivity index (χ4v) is 4.65. The number of aromatic nitrogens is 3. The molecule has 7 nitrogen and oxygen atoms in total. The Balaban J connectivity index is 1.54. The van der Waals surface area contributed by atoms with Gasteiger partial charge in [-0.2, -0.15) is 10.5 Å². The first-order chi connectivity index (χ1) is 15.5. The molecule has 5 rings (SSSR count). The summed E-state index contributed by atoms with van der Waals surface area (Å²) in [5.74, 6) is 0.755. The Kier molecular flexibility index (Phi) is 4.58. The molecule has 0 spiro atoms. The van der Waals surface area contributed by atoms with Crippen LogP contribution in [0.1, 0.15) is 35.1 Å². The van der Waals surface area contributed by atoms with Gasteiger partial charge in [0, 0.05) is 5.56 Å². The van der Waals surface area contributed by atoms with Gasteiger partial charge in [0.1, 0.15) is 23.7 Å². The Morgan fingerprint density at radius 3 is 2.66 bits per heavy atom. The van der Waals surface area contributed by atoms with Gasteiger partial charge >= 0.3 is 0 Å². The van der Waals surface area contributed by atoms with Crippen molar-refractivity contribution in [3.63, 3.8) is 0 Å². The highest BCUT2D eigenvalue weighted by molar-refractivity contribution is 7.99. The van der Waals surface area contributed by atoms with Gasteiger partial charge in [0.25, 0.3) is 0 Å². The molecule has 0 saturated carbocycles. The van der Waals surface area contributed by atoms with Crippen molar-refractivity contribution in [2.24, 2.45) is 0 Å². The van der Waals surface area contributed by atoms with E-state index < -0.39 is 0 Å². The van der Waals surface area contributed by atoms with Crippen LogP contribution in [0, 0.1) is 29.6 Å². The van der Waals surface area contributed by atoms with Crippen molar-refractivity contribution < 1.29 is 4.42 Å². The fraction of sp³-hybridized carbons (Fsp3) is 0.0833. The van der Waals surface area contributed by atoms with Crippen LogP contribution in [0.15, 0.2) is 56.6 Å². The molecule has 0 unspecified atom stereocenters. The topological polar surface area (TPSA) is 128 Å². The lowest BCUT2D eigenvalue weighted by Crippen LogP contribution is -2.03. The van der Waals surface area contributed by atoms with Gasteiger partial charge < -0.3 is 15.1 Å². The van der Waals surface area contributed by atoms with Gasteiger partial charge in [-0.25, -0.2) is 9.97 Å². The summed E-state index contributed by atoms with van der Waals surface area (Å²) >= 11 is 1.40. The number of rotatable bonds is 3. The second-order valence-corrected chi connectivity index (χ2v) is 8.31. The number of nitrogen functional groups attached to an aromatic ring is 1. The van der Waals surface area contributed by atoms with Crippen molar-refractivity contribution in [1.29, 1.82) is 10.5 Å². The van der Waals surface area contributed by atoms with Crippen LogP contribution in [0.2, 0.25) is 0 Å². The standard InChI is InChI=1S/C24H16N6OS/c1-12-15(21-13(2)17(11-26)23(27)30-22(21)16(12)10-25)9-14-7-8-20(31-14)32-24-28-18-5-3-4-6-19(18)29-24/h3-9H,1-2H3,(H2,27,30)(H,28,29). The number of aromatic amines is 1. The van der Waals surface area contributed by atoms with E-state index in [2.05, 4.69) is 27.1 Å². The largest absolute Gasteiger partial charge is 0.450 e. The van der Waals surface area contributed by atoms with Crippen molar-refractivity contribution in [3.05, 3.63) is 70.1 Å². The number of H-pyrrole nitrogens is 1. The number of hydrogen-bond donors (Lipinski definition) is 2. The van der Waals surface area contributed by atoms with E-state index in [0.717, 1.165) is 32.9 Å². The molecule has 3 N–H and O–H groups in total. The predicted molar refractivity (Wildman–Crippen MR) is 123 cm³/mol. The summed E-state index contributed by atoms with van der Waals surface area (Å²) in [5.41, 5.74) is 12.1. The number of nitrogens with two attached hydrogens (primary N) is 1. The Hall–Kier alpha value is -4.27. The van der Waals surface area contributed by atoms with E-state index >= 15 is 0 Å². The van der Waals surface area contributed by atoms with Gasteiger partial charge in [-0.3, -0.25) is 0 Å². The molecular formula is C24H16N6OS. The molecule has 8 heteroatoms. The Morgan fingerprint density at radius 1 is 1.09 bits per heavy atom. The van der Waals surface area contributed by atoms with Crippen LogP contribution in [0.25, 0.3) is 28.3 Å². The lowest BCUT2D eigenvalue weighted by atomic mass is 9.96. The van der Waals surface area contributed by atoms with Crippen LogP contribution >= 0.6 is 11.8 Å². The van der Waals surface area contributed by atoms with Crippen molar-refractivity contribution in [1.82, 2.24) is 15.0 Å². The van der Waals surface area contributed by atoms with Crippen molar-refractivity contribution >= 4 is 45.8 Å². The molecule has 0 radical (unpaired) electrons. The van der Waals surface area contributed by atoms with E-state index in [1.54, 1.807) is 0 Å². The molecule has 0 fully saturated rings. The van der Waals surface area contributed by atoms with Crippen LogP contribution in [0.4, 0.5) is 5.82 Å². The molecule has 32 heavy (non-hydrogen) atoms. The number of allylic oxidation sites excluding steroid dienone is 3. The lowest BCUT2D eigenvalue weighted by Gasteiger charge is -2.10. The summed E-state index contributed by atoms with van der Waals surface area (Å²) in [6.45, 7) is 3.68. The first-order valence-electron chi connectivity index (χ1n) is 9.76. The first-order valence-corrected chi connectivity index (χ1v) is 10.6. The van der Waals surface area contributed by atoms with Gasteiger partial charge in [0.15, 0.2) is 10.2 Å². The zero-order valence-electron chi connectivity index (χ0n) is 17.2. The maximum Gasteiger partial charge on any atom is 0.174 e. The number of benzene rings is 1. The van der Waals surface area contributed by atoms with Gasteiger partial charge in [-0.1, -0.05) is 12.1 Å². The first kappa shape index (κ1) is 19.7. The van der Waals surface area contributed by atoms with E-state index in [-0.39, 0.29) is 5.82 Å². The van der Waals surface area contributed by atoms with Crippen molar-refractivity contribution in [3.8, 4) is 12.1 Å². The number of imidazole rings is 1. The number of anilines is 1. The number of nitrogens with one attached hydrogen (secondary N) is 1. The molecule has 1 aliphatic carbocycles. The monoisotopic (exact) mass is 436 g/mol. The summed E-state index contributed by atoms with van der Waals surface area (Å²) in [4.78, 5) is 12.2. The minimum Gasteiger partial charge on any atom is -0.450 e. The second-order valence-electron chi connectivity index (χ2n) is 7.32. The smallest absolute Gasteiger partial charge is 0.174 e. The minimum absolute atomic E-state index is 0.132. The van der Waals surface area contributed by atoms with E-state index in [1.807, 2.05) is 56.3 Å². The normalized spacial score (nSPS) is 14.1. The Labute approximate surface area is 187 Å². The summed E-state index contributed by atoms with van der Waals surface area (Å²) < 4.78 is 6.01. The third kappa shape index (κ3) is 3.06. The number of nitriles is 2. The van der Waals surface area contributed by atoms with E-state index in [1.165, 1.54) is 11.8 Å². The number of para-hydroxylation sites is 2. The number of hydrogen-bond acceptors (Lipinski definition) is 7.